The summed E-state index contributed by atoms with van der Waals surface area (Å²) in [6.07, 6.45) is -4.35. The van der Waals surface area contributed by atoms with Crippen molar-refractivity contribution in [1.82, 2.24) is 9.97 Å². The van der Waals surface area contributed by atoms with Crippen LogP contribution in [0, 0.1) is 0 Å². The van der Waals surface area contributed by atoms with Crippen LogP contribution in [0.5, 0.6) is 5.75 Å². The molecule has 118 valence electrons. The fourth-order valence-electron chi connectivity index (χ4n) is 1.59. The fraction of sp³-hybridized carbons (Fsp3) is 0.231. The van der Waals surface area contributed by atoms with Gasteiger partial charge in [-0.1, -0.05) is 23.7 Å². The van der Waals surface area contributed by atoms with Gasteiger partial charge in [-0.15, -0.1) is 0 Å². The van der Waals surface area contributed by atoms with E-state index in [0.717, 1.165) is 5.56 Å². The molecule has 2 rings (SSSR count). The molecule has 9 heteroatoms. The largest absolute Gasteiger partial charge is 0.484 e. The number of nitrogens with one attached hydrogen (secondary N) is 1. The topological polar surface area (TPSA) is 73.1 Å². The number of nitrogen functional groups attached to an aromatic ring is 1. The fourth-order valence-corrected chi connectivity index (χ4v) is 1.78. The van der Waals surface area contributed by atoms with Gasteiger partial charge < -0.3 is 15.8 Å². The second-order valence-corrected chi connectivity index (χ2v) is 4.72. The minimum atomic E-state index is -4.35. The lowest BCUT2D eigenvalue weighted by molar-refractivity contribution is -0.153. The Morgan fingerprint density at radius 1 is 1.18 bits per heavy atom. The molecule has 0 fully saturated rings. The third kappa shape index (κ3) is 5.28. The minimum Gasteiger partial charge on any atom is -0.484 e. The van der Waals surface area contributed by atoms with Crippen molar-refractivity contribution in [3.63, 3.8) is 0 Å². The van der Waals surface area contributed by atoms with Crippen LogP contribution in [0.25, 0.3) is 0 Å². The highest BCUT2D eigenvalue weighted by atomic mass is 35.5. The maximum atomic E-state index is 12.0. The molecule has 0 unspecified atom stereocenters. The molecule has 1 aromatic carbocycles. The number of nitrogens with zero attached hydrogens (tertiary/aromatic N) is 2. The van der Waals surface area contributed by atoms with Crippen LogP contribution in [-0.4, -0.2) is 22.8 Å². The number of ether oxygens (including phenoxy) is 1. The van der Waals surface area contributed by atoms with E-state index in [0.29, 0.717) is 12.4 Å². The molecule has 0 aliphatic carbocycles. The Labute approximate surface area is 129 Å². The minimum absolute atomic E-state index is 0.0471. The first kappa shape index (κ1) is 16.2. The first-order valence-electron chi connectivity index (χ1n) is 6.14. The number of nitrogens with two attached hydrogens (primary N) is 1. The maximum Gasteiger partial charge on any atom is 0.422 e. The molecule has 1 heterocycles. The lowest BCUT2D eigenvalue weighted by atomic mass is 10.2. The van der Waals surface area contributed by atoms with Crippen LogP contribution in [0.15, 0.2) is 30.3 Å². The van der Waals surface area contributed by atoms with Crippen molar-refractivity contribution in [3.8, 4) is 5.75 Å². The van der Waals surface area contributed by atoms with Gasteiger partial charge in [-0.25, -0.2) is 4.98 Å². The van der Waals surface area contributed by atoms with E-state index in [1.165, 1.54) is 18.2 Å². The van der Waals surface area contributed by atoms with Gasteiger partial charge in [0.15, 0.2) is 6.61 Å². The van der Waals surface area contributed by atoms with E-state index < -0.39 is 12.8 Å². The Morgan fingerprint density at radius 3 is 2.45 bits per heavy atom. The van der Waals surface area contributed by atoms with Gasteiger partial charge in [0, 0.05) is 12.6 Å². The predicted molar refractivity (Wildman–Crippen MR) is 76.8 cm³/mol. The lowest BCUT2D eigenvalue weighted by Crippen LogP contribution is -2.19. The first-order chi connectivity index (χ1) is 10.3. The number of rotatable bonds is 5. The summed E-state index contributed by atoms with van der Waals surface area (Å²) in [5.74, 6) is 0.649. The number of hydrogen-bond acceptors (Lipinski definition) is 5. The Kier molecular flexibility index (Phi) is 4.92. The van der Waals surface area contributed by atoms with Gasteiger partial charge in [0.25, 0.3) is 0 Å². The van der Waals surface area contributed by atoms with E-state index in [9.17, 15) is 13.2 Å². The standard InChI is InChI=1S/C13H12ClF3N4O/c14-10-5-11(21-12(18)20-10)19-6-8-1-3-9(4-2-8)22-7-13(15,16)17/h1-5H,6-7H2,(H3,18,19,20,21). The predicted octanol–water partition coefficient (Wildman–Crippen LogP) is 3.27. The van der Waals surface area contributed by atoms with Gasteiger partial charge in [-0.05, 0) is 17.7 Å². The molecule has 22 heavy (non-hydrogen) atoms. The molecule has 0 saturated heterocycles. The van der Waals surface area contributed by atoms with E-state index in [2.05, 4.69) is 20.0 Å². The van der Waals surface area contributed by atoms with Gasteiger partial charge in [0.1, 0.15) is 16.7 Å². The molecule has 2 aromatic rings. The van der Waals surface area contributed by atoms with Crippen LogP contribution in [0.1, 0.15) is 5.56 Å². The van der Waals surface area contributed by atoms with E-state index in [-0.39, 0.29) is 16.9 Å². The summed E-state index contributed by atoms with van der Waals surface area (Å²) in [4.78, 5) is 7.67. The molecule has 0 radical (unpaired) electrons. The summed E-state index contributed by atoms with van der Waals surface area (Å²) >= 11 is 5.74. The highest BCUT2D eigenvalue weighted by Crippen LogP contribution is 2.19. The van der Waals surface area contributed by atoms with Crippen LogP contribution < -0.4 is 15.8 Å². The summed E-state index contributed by atoms with van der Waals surface area (Å²) in [6, 6.07) is 7.72. The Morgan fingerprint density at radius 2 is 1.86 bits per heavy atom. The number of halogens is 4. The maximum absolute atomic E-state index is 12.0. The number of anilines is 2. The van der Waals surface area contributed by atoms with Gasteiger partial charge in [-0.2, -0.15) is 18.2 Å². The summed E-state index contributed by atoms with van der Waals surface area (Å²) in [5.41, 5.74) is 6.29. The number of alkyl halides is 3. The van der Waals surface area contributed by atoms with Gasteiger partial charge in [-0.3, -0.25) is 0 Å². The summed E-state index contributed by atoms with van der Waals surface area (Å²) in [5, 5.41) is 3.20. The number of benzene rings is 1. The Hall–Kier alpha value is -2.22. The average molecular weight is 333 g/mol. The second-order valence-electron chi connectivity index (χ2n) is 4.34. The zero-order chi connectivity index (χ0) is 16.2. The van der Waals surface area contributed by atoms with Crippen molar-refractivity contribution in [2.75, 3.05) is 17.7 Å². The normalized spacial score (nSPS) is 11.3. The Bertz CT molecular complexity index is 614. The molecule has 0 atom stereocenters. The number of hydrogen-bond donors (Lipinski definition) is 2. The number of aromatic nitrogens is 2. The summed E-state index contributed by atoms with van der Waals surface area (Å²) in [6.45, 7) is -0.921. The molecule has 0 bridgehead atoms. The van der Waals surface area contributed by atoms with Gasteiger partial charge in [0.2, 0.25) is 5.95 Å². The van der Waals surface area contributed by atoms with Crippen LogP contribution in [0.2, 0.25) is 5.15 Å². The van der Waals surface area contributed by atoms with Crippen molar-refractivity contribution in [2.24, 2.45) is 0 Å². The monoisotopic (exact) mass is 332 g/mol. The molecule has 3 N–H and O–H groups in total. The lowest BCUT2D eigenvalue weighted by Gasteiger charge is -2.10. The Balaban J connectivity index is 1.91. The van der Waals surface area contributed by atoms with Crippen molar-refractivity contribution in [2.45, 2.75) is 12.7 Å². The quantitative estimate of drug-likeness (QED) is 0.822. The van der Waals surface area contributed by atoms with E-state index in [1.54, 1.807) is 12.1 Å². The third-order valence-corrected chi connectivity index (χ3v) is 2.71. The molecule has 0 aliphatic rings. The summed E-state index contributed by atoms with van der Waals surface area (Å²) in [7, 11) is 0. The van der Waals surface area contributed by atoms with Crippen LogP contribution >= 0.6 is 11.6 Å². The van der Waals surface area contributed by atoms with E-state index >= 15 is 0 Å². The second kappa shape index (κ2) is 6.69. The molecule has 0 aliphatic heterocycles. The van der Waals surface area contributed by atoms with Crippen molar-refractivity contribution in [3.05, 3.63) is 41.0 Å². The van der Waals surface area contributed by atoms with E-state index in [1.807, 2.05) is 0 Å². The summed E-state index contributed by atoms with van der Waals surface area (Å²) < 4.78 is 40.7. The van der Waals surface area contributed by atoms with Crippen LogP contribution in [-0.2, 0) is 6.54 Å². The van der Waals surface area contributed by atoms with Crippen LogP contribution in [0.4, 0.5) is 24.9 Å². The third-order valence-electron chi connectivity index (χ3n) is 2.51. The van der Waals surface area contributed by atoms with Crippen molar-refractivity contribution in [1.29, 1.82) is 0 Å². The van der Waals surface area contributed by atoms with Gasteiger partial charge >= 0.3 is 6.18 Å². The SMILES string of the molecule is Nc1nc(Cl)cc(NCc2ccc(OCC(F)(F)F)cc2)n1. The average Bonchev–Trinajstić information content (AvgIpc) is 2.42. The molecular weight excluding hydrogens is 321 g/mol. The molecule has 0 spiro atoms. The van der Waals surface area contributed by atoms with Crippen LogP contribution in [0.3, 0.4) is 0 Å². The first-order valence-corrected chi connectivity index (χ1v) is 6.52. The highest BCUT2D eigenvalue weighted by Gasteiger charge is 2.28. The van der Waals surface area contributed by atoms with Crippen molar-refractivity contribution >= 4 is 23.4 Å². The smallest absolute Gasteiger partial charge is 0.422 e. The van der Waals surface area contributed by atoms with E-state index in [4.69, 9.17) is 17.3 Å². The zero-order valence-corrected chi connectivity index (χ0v) is 11.9. The zero-order valence-electron chi connectivity index (χ0n) is 11.2. The molecular formula is C13H12ClF3N4O. The highest BCUT2D eigenvalue weighted by molar-refractivity contribution is 6.29. The molecule has 1 aromatic heterocycles. The molecule has 5 nitrogen and oxygen atoms in total. The van der Waals surface area contributed by atoms with Gasteiger partial charge in [0.05, 0.1) is 0 Å². The molecule has 0 saturated carbocycles. The van der Waals surface area contributed by atoms with Crippen molar-refractivity contribution < 1.29 is 17.9 Å². The molecule has 0 amide bonds.